The van der Waals surface area contributed by atoms with Gasteiger partial charge in [0.1, 0.15) is 5.76 Å². The molecular formula is C15H22O. The van der Waals surface area contributed by atoms with Gasteiger partial charge in [0.2, 0.25) is 0 Å². The van der Waals surface area contributed by atoms with E-state index in [0.717, 1.165) is 25.0 Å². The highest BCUT2D eigenvalue weighted by Gasteiger charge is 1.94. The monoisotopic (exact) mass is 218 g/mol. The van der Waals surface area contributed by atoms with Crippen molar-refractivity contribution in [3.8, 4) is 0 Å². The first kappa shape index (κ1) is 12.8. The topological polar surface area (TPSA) is 13.1 Å². The number of furan rings is 1. The molecule has 0 unspecified atom stereocenters. The molecule has 0 radical (unpaired) electrons. The van der Waals surface area contributed by atoms with Crippen molar-refractivity contribution in [2.24, 2.45) is 0 Å². The number of rotatable bonds is 6. The first-order chi connectivity index (χ1) is 7.68. The van der Waals surface area contributed by atoms with Crippen LogP contribution in [0.3, 0.4) is 0 Å². The third-order valence-corrected chi connectivity index (χ3v) is 2.55. The second-order valence-electron chi connectivity index (χ2n) is 4.49. The summed E-state index contributed by atoms with van der Waals surface area (Å²) in [4.78, 5) is 0. The van der Waals surface area contributed by atoms with Crippen LogP contribution in [0.15, 0.2) is 46.1 Å². The van der Waals surface area contributed by atoms with Crippen LogP contribution in [0.2, 0.25) is 0 Å². The predicted molar refractivity (Wildman–Crippen MR) is 69.5 cm³/mol. The van der Waals surface area contributed by atoms with E-state index in [9.17, 15) is 0 Å². The lowest BCUT2D eigenvalue weighted by Gasteiger charge is -1.99. The van der Waals surface area contributed by atoms with Gasteiger partial charge in [0, 0.05) is 6.42 Å². The SMILES string of the molecule is CC(C)=CCC/C(C)=C/CCc1ccco1. The summed E-state index contributed by atoms with van der Waals surface area (Å²) in [7, 11) is 0. The molecule has 1 aromatic heterocycles. The highest BCUT2D eigenvalue weighted by molar-refractivity contribution is 5.04. The van der Waals surface area contributed by atoms with E-state index >= 15 is 0 Å². The van der Waals surface area contributed by atoms with Gasteiger partial charge in [0.15, 0.2) is 0 Å². The summed E-state index contributed by atoms with van der Waals surface area (Å²) in [6, 6.07) is 3.98. The number of aryl methyl sites for hydroxylation is 1. The average molecular weight is 218 g/mol. The molecule has 0 bridgehead atoms. The van der Waals surface area contributed by atoms with Crippen LogP contribution in [0.4, 0.5) is 0 Å². The van der Waals surface area contributed by atoms with Crippen LogP contribution in [0.5, 0.6) is 0 Å². The molecule has 0 saturated heterocycles. The zero-order valence-electron chi connectivity index (χ0n) is 10.6. The van der Waals surface area contributed by atoms with E-state index in [2.05, 4.69) is 32.9 Å². The minimum absolute atomic E-state index is 1.01. The Kier molecular flexibility index (Phi) is 5.69. The molecule has 16 heavy (non-hydrogen) atoms. The number of allylic oxidation sites excluding steroid dienone is 4. The molecule has 0 aliphatic heterocycles. The maximum absolute atomic E-state index is 5.29. The van der Waals surface area contributed by atoms with Crippen LogP contribution < -0.4 is 0 Å². The van der Waals surface area contributed by atoms with Crippen LogP contribution in [0, 0.1) is 0 Å². The molecule has 1 rings (SSSR count). The second kappa shape index (κ2) is 7.10. The predicted octanol–water partition coefficient (Wildman–Crippen LogP) is 4.90. The van der Waals surface area contributed by atoms with Crippen LogP contribution >= 0.6 is 0 Å². The fraction of sp³-hybridized carbons (Fsp3) is 0.467. The van der Waals surface area contributed by atoms with Crippen molar-refractivity contribution in [1.82, 2.24) is 0 Å². The lowest BCUT2D eigenvalue weighted by Crippen LogP contribution is -1.81. The van der Waals surface area contributed by atoms with Gasteiger partial charge in [-0.1, -0.05) is 23.3 Å². The van der Waals surface area contributed by atoms with Gasteiger partial charge in [-0.15, -0.1) is 0 Å². The molecule has 0 aliphatic rings. The Morgan fingerprint density at radius 3 is 2.62 bits per heavy atom. The van der Waals surface area contributed by atoms with Crippen molar-refractivity contribution in [1.29, 1.82) is 0 Å². The molecule has 0 fully saturated rings. The Morgan fingerprint density at radius 2 is 2.00 bits per heavy atom. The highest BCUT2D eigenvalue weighted by Crippen LogP contribution is 2.10. The Labute approximate surface area is 98.9 Å². The van der Waals surface area contributed by atoms with Gasteiger partial charge in [-0.25, -0.2) is 0 Å². The Morgan fingerprint density at radius 1 is 1.19 bits per heavy atom. The first-order valence-electron chi connectivity index (χ1n) is 6.00. The summed E-state index contributed by atoms with van der Waals surface area (Å²) in [5.41, 5.74) is 2.88. The van der Waals surface area contributed by atoms with Crippen molar-refractivity contribution < 1.29 is 4.42 Å². The second-order valence-corrected chi connectivity index (χ2v) is 4.49. The van der Waals surface area contributed by atoms with Crippen molar-refractivity contribution >= 4 is 0 Å². The molecule has 88 valence electrons. The van der Waals surface area contributed by atoms with E-state index in [1.807, 2.05) is 12.1 Å². The summed E-state index contributed by atoms with van der Waals surface area (Å²) < 4.78 is 5.29. The zero-order valence-corrected chi connectivity index (χ0v) is 10.6. The molecule has 1 aromatic rings. The zero-order chi connectivity index (χ0) is 11.8. The lowest BCUT2D eigenvalue weighted by molar-refractivity contribution is 0.510. The van der Waals surface area contributed by atoms with Gasteiger partial charge in [0.25, 0.3) is 0 Å². The third-order valence-electron chi connectivity index (χ3n) is 2.55. The van der Waals surface area contributed by atoms with Gasteiger partial charge in [-0.3, -0.25) is 0 Å². The molecule has 0 saturated carbocycles. The molecule has 1 heterocycles. The minimum atomic E-state index is 1.01. The fourth-order valence-electron chi connectivity index (χ4n) is 1.61. The Bertz CT molecular complexity index is 338. The summed E-state index contributed by atoms with van der Waals surface area (Å²) in [5.74, 6) is 1.08. The maximum Gasteiger partial charge on any atom is 0.104 e. The fourth-order valence-corrected chi connectivity index (χ4v) is 1.61. The molecule has 0 atom stereocenters. The summed E-state index contributed by atoms with van der Waals surface area (Å²) in [5, 5.41) is 0. The summed E-state index contributed by atoms with van der Waals surface area (Å²) in [6.45, 7) is 6.51. The van der Waals surface area contributed by atoms with E-state index in [4.69, 9.17) is 4.42 Å². The normalized spacial score (nSPS) is 11.6. The molecular weight excluding hydrogens is 196 g/mol. The number of hydrogen-bond donors (Lipinski definition) is 0. The van der Waals surface area contributed by atoms with Gasteiger partial charge < -0.3 is 4.42 Å². The van der Waals surface area contributed by atoms with E-state index < -0.39 is 0 Å². The molecule has 0 aromatic carbocycles. The van der Waals surface area contributed by atoms with Crippen molar-refractivity contribution in [3.05, 3.63) is 47.5 Å². The number of hydrogen-bond acceptors (Lipinski definition) is 1. The Balaban J connectivity index is 2.21. The van der Waals surface area contributed by atoms with Crippen molar-refractivity contribution in [2.45, 2.75) is 46.5 Å². The highest BCUT2D eigenvalue weighted by atomic mass is 16.3. The van der Waals surface area contributed by atoms with E-state index in [1.165, 1.54) is 17.6 Å². The standard InChI is InChI=1S/C15H22O/c1-13(2)7-4-8-14(3)9-5-10-15-11-6-12-16-15/h6-7,9,11-12H,4-5,8,10H2,1-3H3/b14-9+. The Hall–Kier alpha value is -1.24. The molecule has 1 heteroatoms. The first-order valence-corrected chi connectivity index (χ1v) is 6.00. The molecule has 0 aliphatic carbocycles. The van der Waals surface area contributed by atoms with Gasteiger partial charge in [-0.2, -0.15) is 0 Å². The van der Waals surface area contributed by atoms with Crippen molar-refractivity contribution in [3.63, 3.8) is 0 Å². The maximum atomic E-state index is 5.29. The van der Waals surface area contributed by atoms with Crippen LogP contribution in [0.1, 0.15) is 45.8 Å². The van der Waals surface area contributed by atoms with Gasteiger partial charge >= 0.3 is 0 Å². The molecule has 0 N–H and O–H groups in total. The van der Waals surface area contributed by atoms with Gasteiger partial charge in [0.05, 0.1) is 6.26 Å². The van der Waals surface area contributed by atoms with Crippen LogP contribution in [-0.2, 0) is 6.42 Å². The molecule has 1 nitrogen and oxygen atoms in total. The largest absolute Gasteiger partial charge is 0.469 e. The smallest absolute Gasteiger partial charge is 0.104 e. The summed E-state index contributed by atoms with van der Waals surface area (Å²) in [6.07, 6.45) is 10.8. The van der Waals surface area contributed by atoms with E-state index in [1.54, 1.807) is 6.26 Å². The lowest BCUT2D eigenvalue weighted by atomic mass is 10.1. The van der Waals surface area contributed by atoms with E-state index in [-0.39, 0.29) is 0 Å². The van der Waals surface area contributed by atoms with Crippen molar-refractivity contribution in [2.75, 3.05) is 0 Å². The average Bonchev–Trinajstić information content (AvgIpc) is 2.70. The molecule has 0 spiro atoms. The minimum Gasteiger partial charge on any atom is -0.469 e. The van der Waals surface area contributed by atoms with Crippen LogP contribution in [-0.4, -0.2) is 0 Å². The quantitative estimate of drug-likeness (QED) is 0.619. The van der Waals surface area contributed by atoms with Crippen LogP contribution in [0.25, 0.3) is 0 Å². The van der Waals surface area contributed by atoms with Gasteiger partial charge in [-0.05, 0) is 52.2 Å². The molecule has 0 amide bonds. The van der Waals surface area contributed by atoms with E-state index in [0.29, 0.717) is 0 Å². The summed E-state index contributed by atoms with van der Waals surface area (Å²) >= 11 is 0. The third kappa shape index (κ3) is 5.59.